The Hall–Kier alpha value is -3.28. The molecule has 0 unspecified atom stereocenters. The van der Waals surface area contributed by atoms with Crippen LogP contribution in [-0.4, -0.2) is 43.0 Å². The van der Waals surface area contributed by atoms with Crippen molar-refractivity contribution in [2.75, 3.05) is 31.6 Å². The number of hydrogen-bond acceptors (Lipinski definition) is 4. The summed E-state index contributed by atoms with van der Waals surface area (Å²) >= 11 is 0. The highest BCUT2D eigenvalue weighted by atomic mass is 16.5. The van der Waals surface area contributed by atoms with E-state index in [0.717, 1.165) is 12.0 Å². The number of likely N-dealkylation sites (tertiary alicyclic amines) is 1. The molecule has 0 radical (unpaired) electrons. The number of amides is 2. The van der Waals surface area contributed by atoms with Gasteiger partial charge in [0.05, 0.1) is 13.2 Å². The Morgan fingerprint density at radius 2 is 1.70 bits per heavy atom. The summed E-state index contributed by atoms with van der Waals surface area (Å²) in [5, 5.41) is 2.98. The molecule has 30 heavy (non-hydrogen) atoms. The predicted octanol–water partition coefficient (Wildman–Crippen LogP) is 3.74. The topological polar surface area (TPSA) is 67.9 Å². The zero-order valence-corrected chi connectivity index (χ0v) is 16.9. The Labute approximate surface area is 176 Å². The van der Waals surface area contributed by atoms with Gasteiger partial charge in [0.15, 0.2) is 11.5 Å². The van der Waals surface area contributed by atoms with Crippen LogP contribution in [0, 0.1) is 5.92 Å². The van der Waals surface area contributed by atoms with E-state index in [4.69, 9.17) is 9.47 Å². The van der Waals surface area contributed by atoms with E-state index in [2.05, 4.69) is 5.32 Å². The van der Waals surface area contributed by atoms with Gasteiger partial charge in [-0.25, -0.2) is 0 Å². The van der Waals surface area contributed by atoms with E-state index in [0.29, 0.717) is 56.3 Å². The van der Waals surface area contributed by atoms with Crippen LogP contribution in [0.4, 0.5) is 5.69 Å². The summed E-state index contributed by atoms with van der Waals surface area (Å²) in [5.41, 5.74) is 1.70. The summed E-state index contributed by atoms with van der Waals surface area (Å²) < 4.78 is 11.3. The lowest BCUT2D eigenvalue weighted by atomic mass is 9.95. The first-order valence-corrected chi connectivity index (χ1v) is 10.4. The maximum absolute atomic E-state index is 12.7. The number of benzene rings is 2. The molecule has 0 aliphatic carbocycles. The highest BCUT2D eigenvalue weighted by molar-refractivity contribution is 5.94. The quantitative estimate of drug-likeness (QED) is 0.786. The molecule has 1 N–H and O–H groups in total. The van der Waals surface area contributed by atoms with Gasteiger partial charge >= 0.3 is 0 Å². The summed E-state index contributed by atoms with van der Waals surface area (Å²) in [7, 11) is 0. The van der Waals surface area contributed by atoms with Crippen molar-refractivity contribution in [2.45, 2.75) is 19.3 Å². The Morgan fingerprint density at radius 1 is 0.967 bits per heavy atom. The molecule has 6 nitrogen and oxygen atoms in total. The first-order valence-electron chi connectivity index (χ1n) is 10.4. The highest BCUT2D eigenvalue weighted by Gasteiger charge is 2.27. The van der Waals surface area contributed by atoms with Gasteiger partial charge in [-0.05, 0) is 36.6 Å². The van der Waals surface area contributed by atoms with Crippen molar-refractivity contribution in [3.05, 3.63) is 60.2 Å². The molecule has 0 atom stereocenters. The zero-order valence-electron chi connectivity index (χ0n) is 16.9. The monoisotopic (exact) mass is 406 g/mol. The number of piperidine rings is 1. The smallest absolute Gasteiger partial charge is 0.246 e. The number of rotatable bonds is 4. The number of fused-ring (bicyclic) bond motifs is 1. The Bertz CT molecular complexity index is 918. The summed E-state index contributed by atoms with van der Waals surface area (Å²) in [6.45, 7) is 2.40. The third-order valence-corrected chi connectivity index (χ3v) is 5.41. The van der Waals surface area contributed by atoms with Crippen LogP contribution in [0.25, 0.3) is 6.08 Å². The SMILES string of the molecule is O=C(Nc1ccc2c(c1)OCCCO2)C1CCN(C(=O)/C=C\c2ccccc2)CC1. The van der Waals surface area contributed by atoms with Crippen molar-refractivity contribution in [1.29, 1.82) is 0 Å². The highest BCUT2D eigenvalue weighted by Crippen LogP contribution is 2.32. The van der Waals surface area contributed by atoms with E-state index in [-0.39, 0.29) is 17.7 Å². The normalized spacial score (nSPS) is 16.9. The molecule has 2 heterocycles. The molecule has 0 spiro atoms. The van der Waals surface area contributed by atoms with E-state index < -0.39 is 0 Å². The second kappa shape index (κ2) is 9.48. The lowest BCUT2D eigenvalue weighted by molar-refractivity contribution is -0.130. The van der Waals surface area contributed by atoms with Gasteiger partial charge in [-0.1, -0.05) is 30.3 Å². The van der Waals surface area contributed by atoms with Gasteiger partial charge in [0.1, 0.15) is 0 Å². The third-order valence-electron chi connectivity index (χ3n) is 5.41. The fraction of sp³-hybridized carbons (Fsp3) is 0.333. The van der Waals surface area contributed by atoms with Gasteiger partial charge in [-0.15, -0.1) is 0 Å². The number of nitrogens with one attached hydrogen (secondary N) is 1. The van der Waals surface area contributed by atoms with Crippen LogP contribution < -0.4 is 14.8 Å². The van der Waals surface area contributed by atoms with Crippen molar-refractivity contribution in [2.24, 2.45) is 5.92 Å². The number of nitrogens with zero attached hydrogens (tertiary/aromatic N) is 1. The van der Waals surface area contributed by atoms with Crippen LogP contribution >= 0.6 is 0 Å². The molecule has 2 aromatic carbocycles. The van der Waals surface area contributed by atoms with Crippen molar-refractivity contribution >= 4 is 23.6 Å². The number of hydrogen-bond donors (Lipinski definition) is 1. The van der Waals surface area contributed by atoms with Gasteiger partial charge < -0.3 is 19.7 Å². The van der Waals surface area contributed by atoms with E-state index in [1.54, 1.807) is 11.0 Å². The van der Waals surface area contributed by atoms with Crippen molar-refractivity contribution in [3.63, 3.8) is 0 Å². The molecule has 2 aromatic rings. The van der Waals surface area contributed by atoms with E-state index in [9.17, 15) is 9.59 Å². The fourth-order valence-corrected chi connectivity index (χ4v) is 3.68. The lowest BCUT2D eigenvalue weighted by Gasteiger charge is -2.30. The summed E-state index contributed by atoms with van der Waals surface area (Å²) in [4.78, 5) is 26.9. The molecule has 1 fully saturated rings. The van der Waals surface area contributed by atoms with Gasteiger partial charge in [-0.2, -0.15) is 0 Å². The molecule has 0 aromatic heterocycles. The molecule has 2 aliphatic rings. The molecule has 2 aliphatic heterocycles. The number of carbonyl (C=O) groups is 2. The van der Waals surface area contributed by atoms with Gasteiger partial charge in [-0.3, -0.25) is 9.59 Å². The average molecular weight is 406 g/mol. The average Bonchev–Trinajstić information content (AvgIpc) is 3.03. The van der Waals surface area contributed by atoms with E-state index >= 15 is 0 Å². The lowest BCUT2D eigenvalue weighted by Crippen LogP contribution is -2.40. The fourth-order valence-electron chi connectivity index (χ4n) is 3.68. The predicted molar refractivity (Wildman–Crippen MR) is 115 cm³/mol. The van der Waals surface area contributed by atoms with Crippen LogP contribution in [0.1, 0.15) is 24.8 Å². The molecule has 0 bridgehead atoms. The first-order chi connectivity index (χ1) is 14.7. The second-order valence-electron chi connectivity index (χ2n) is 7.54. The third kappa shape index (κ3) is 5.00. The maximum Gasteiger partial charge on any atom is 0.246 e. The molecule has 1 saturated heterocycles. The molecule has 4 rings (SSSR count). The minimum absolute atomic E-state index is 0.0133. The molecule has 156 valence electrons. The van der Waals surface area contributed by atoms with Gasteiger partial charge in [0.2, 0.25) is 11.8 Å². The Morgan fingerprint density at radius 3 is 2.47 bits per heavy atom. The number of ether oxygens (including phenoxy) is 2. The standard InChI is InChI=1S/C24H26N2O4/c27-23(10-7-18-5-2-1-3-6-18)26-13-11-19(12-14-26)24(28)25-20-8-9-21-22(17-20)30-16-4-15-29-21/h1-3,5-10,17,19H,4,11-16H2,(H,25,28)/b10-7-. The zero-order chi connectivity index (χ0) is 20.8. The summed E-state index contributed by atoms with van der Waals surface area (Å²) in [6, 6.07) is 15.2. The van der Waals surface area contributed by atoms with Gasteiger partial charge in [0, 0.05) is 43.3 Å². The van der Waals surface area contributed by atoms with Crippen molar-refractivity contribution in [1.82, 2.24) is 4.90 Å². The molecule has 2 amide bonds. The molecule has 0 saturated carbocycles. The van der Waals surface area contributed by atoms with Crippen LogP contribution in [0.15, 0.2) is 54.6 Å². The Balaban J connectivity index is 1.28. The number of anilines is 1. The van der Waals surface area contributed by atoms with E-state index in [1.165, 1.54) is 0 Å². The first kappa shape index (κ1) is 20.0. The van der Waals surface area contributed by atoms with Crippen LogP contribution in [-0.2, 0) is 9.59 Å². The van der Waals surface area contributed by atoms with E-state index in [1.807, 2.05) is 54.6 Å². The minimum atomic E-state index is -0.108. The largest absolute Gasteiger partial charge is 0.490 e. The summed E-state index contributed by atoms with van der Waals surface area (Å²) in [6.07, 6.45) is 5.58. The molecular weight excluding hydrogens is 380 g/mol. The van der Waals surface area contributed by atoms with Crippen molar-refractivity contribution < 1.29 is 19.1 Å². The van der Waals surface area contributed by atoms with Gasteiger partial charge in [0.25, 0.3) is 0 Å². The van der Waals surface area contributed by atoms with Crippen LogP contribution in [0.2, 0.25) is 0 Å². The number of carbonyl (C=O) groups excluding carboxylic acids is 2. The second-order valence-corrected chi connectivity index (χ2v) is 7.54. The van der Waals surface area contributed by atoms with Crippen LogP contribution in [0.5, 0.6) is 11.5 Å². The molecule has 6 heteroatoms. The summed E-state index contributed by atoms with van der Waals surface area (Å²) in [5.74, 6) is 1.23. The molecular formula is C24H26N2O4. The maximum atomic E-state index is 12.7. The van der Waals surface area contributed by atoms with Crippen molar-refractivity contribution in [3.8, 4) is 11.5 Å². The van der Waals surface area contributed by atoms with Crippen LogP contribution in [0.3, 0.4) is 0 Å². The Kier molecular flexibility index (Phi) is 6.32. The minimum Gasteiger partial charge on any atom is -0.490 e.